The summed E-state index contributed by atoms with van der Waals surface area (Å²) >= 11 is 0. The molecule has 0 N–H and O–H groups in total. The van der Waals surface area contributed by atoms with E-state index in [0.29, 0.717) is 5.92 Å². The first-order valence-corrected chi connectivity index (χ1v) is 7.43. The van der Waals surface area contributed by atoms with Crippen molar-refractivity contribution in [1.29, 1.82) is 0 Å². The van der Waals surface area contributed by atoms with Crippen LogP contribution in [0.4, 0.5) is 0 Å². The Hall–Kier alpha value is -1.75. The van der Waals surface area contributed by atoms with E-state index in [1.165, 1.54) is 24.2 Å². The Balaban J connectivity index is 1.40. The number of fused-ring (bicyclic) bond motifs is 1. The Morgan fingerprint density at radius 1 is 1.10 bits per heavy atom. The highest BCUT2D eigenvalue weighted by Crippen LogP contribution is 2.39. The third kappa shape index (κ3) is 2.33. The summed E-state index contributed by atoms with van der Waals surface area (Å²) in [4.78, 5) is 6.53. The number of nitrogens with zero attached hydrogens (tertiary/aromatic N) is 5. The van der Waals surface area contributed by atoms with Gasteiger partial charge in [-0.1, -0.05) is 0 Å². The molecule has 2 aromatic rings. The lowest BCUT2D eigenvalue weighted by molar-refractivity contribution is 0.218. The maximum absolute atomic E-state index is 4.39. The van der Waals surface area contributed by atoms with Gasteiger partial charge < -0.3 is 4.57 Å². The quantitative estimate of drug-likeness (QED) is 0.846. The molecule has 3 heterocycles. The first-order chi connectivity index (χ1) is 9.90. The molecule has 1 saturated carbocycles. The van der Waals surface area contributed by atoms with Crippen LogP contribution in [0.25, 0.3) is 0 Å². The Labute approximate surface area is 118 Å². The van der Waals surface area contributed by atoms with Gasteiger partial charge in [-0.3, -0.25) is 9.88 Å². The molecule has 20 heavy (non-hydrogen) atoms. The van der Waals surface area contributed by atoms with E-state index >= 15 is 0 Å². The molecule has 4 rings (SSSR count). The smallest absolute Gasteiger partial charge is 0.147 e. The van der Waals surface area contributed by atoms with Crippen LogP contribution >= 0.6 is 0 Å². The Morgan fingerprint density at radius 3 is 2.75 bits per heavy atom. The van der Waals surface area contributed by atoms with E-state index in [4.69, 9.17) is 0 Å². The van der Waals surface area contributed by atoms with E-state index in [-0.39, 0.29) is 0 Å². The van der Waals surface area contributed by atoms with Crippen LogP contribution in [-0.2, 0) is 19.5 Å². The normalized spacial score (nSPS) is 19.0. The predicted octanol–water partition coefficient (Wildman–Crippen LogP) is 1.61. The molecule has 5 nitrogen and oxygen atoms in total. The largest absolute Gasteiger partial charge is 0.312 e. The maximum Gasteiger partial charge on any atom is 0.147 e. The molecule has 2 aromatic heterocycles. The van der Waals surface area contributed by atoms with Crippen molar-refractivity contribution >= 4 is 0 Å². The minimum absolute atomic E-state index is 0.694. The minimum atomic E-state index is 0.694. The van der Waals surface area contributed by atoms with Crippen LogP contribution in [0.3, 0.4) is 0 Å². The summed E-state index contributed by atoms with van der Waals surface area (Å²) in [6, 6.07) is 4.19. The van der Waals surface area contributed by atoms with Gasteiger partial charge in [0.2, 0.25) is 0 Å². The summed E-state index contributed by atoms with van der Waals surface area (Å²) in [5.41, 5.74) is 1.35. The second-order valence-electron chi connectivity index (χ2n) is 5.78. The van der Waals surface area contributed by atoms with E-state index < -0.39 is 0 Å². The Morgan fingerprint density at radius 2 is 1.95 bits per heavy atom. The van der Waals surface area contributed by atoms with Gasteiger partial charge in [-0.25, -0.2) is 0 Å². The number of hydrogen-bond acceptors (Lipinski definition) is 4. The maximum atomic E-state index is 4.39. The van der Waals surface area contributed by atoms with Crippen molar-refractivity contribution in [2.24, 2.45) is 0 Å². The zero-order chi connectivity index (χ0) is 13.4. The van der Waals surface area contributed by atoms with Crippen molar-refractivity contribution < 1.29 is 0 Å². The molecular formula is C15H19N5. The number of pyridine rings is 1. The van der Waals surface area contributed by atoms with Crippen molar-refractivity contribution in [3.8, 4) is 0 Å². The van der Waals surface area contributed by atoms with Crippen molar-refractivity contribution in [2.75, 3.05) is 13.1 Å². The van der Waals surface area contributed by atoms with Crippen molar-refractivity contribution in [3.63, 3.8) is 0 Å². The second-order valence-corrected chi connectivity index (χ2v) is 5.78. The monoisotopic (exact) mass is 269 g/mol. The van der Waals surface area contributed by atoms with Gasteiger partial charge in [0, 0.05) is 37.9 Å². The topological polar surface area (TPSA) is 46.8 Å². The molecule has 0 spiro atoms. The van der Waals surface area contributed by atoms with E-state index in [2.05, 4.69) is 36.8 Å². The molecule has 1 fully saturated rings. The van der Waals surface area contributed by atoms with Gasteiger partial charge in [-0.05, 0) is 37.0 Å². The number of rotatable bonds is 4. The van der Waals surface area contributed by atoms with Crippen LogP contribution in [0.2, 0.25) is 0 Å². The lowest BCUT2D eigenvalue weighted by atomic mass is 10.2. The predicted molar refractivity (Wildman–Crippen MR) is 75.2 cm³/mol. The molecule has 2 aliphatic rings. The second kappa shape index (κ2) is 4.98. The summed E-state index contributed by atoms with van der Waals surface area (Å²) in [6.45, 7) is 4.17. The molecular weight excluding hydrogens is 250 g/mol. The van der Waals surface area contributed by atoms with Crippen LogP contribution < -0.4 is 0 Å². The van der Waals surface area contributed by atoms with Gasteiger partial charge in [-0.2, -0.15) is 0 Å². The molecule has 0 unspecified atom stereocenters. The third-order valence-corrected chi connectivity index (χ3v) is 4.27. The molecule has 0 aromatic carbocycles. The van der Waals surface area contributed by atoms with Crippen LogP contribution in [0.15, 0.2) is 24.5 Å². The molecule has 1 aliphatic heterocycles. The molecule has 1 aliphatic carbocycles. The lowest BCUT2D eigenvalue weighted by Gasteiger charge is -2.27. The molecule has 0 amide bonds. The van der Waals surface area contributed by atoms with Crippen LogP contribution in [0, 0.1) is 0 Å². The zero-order valence-electron chi connectivity index (χ0n) is 11.6. The van der Waals surface area contributed by atoms with Gasteiger partial charge >= 0.3 is 0 Å². The molecule has 0 bridgehead atoms. The summed E-state index contributed by atoms with van der Waals surface area (Å²) in [7, 11) is 0. The van der Waals surface area contributed by atoms with Gasteiger partial charge in [-0.15, -0.1) is 10.2 Å². The average Bonchev–Trinajstić information content (AvgIpc) is 3.26. The van der Waals surface area contributed by atoms with Crippen molar-refractivity contribution in [2.45, 2.75) is 38.3 Å². The highest BCUT2D eigenvalue weighted by molar-refractivity contribution is 5.11. The first-order valence-electron chi connectivity index (χ1n) is 7.43. The minimum Gasteiger partial charge on any atom is -0.312 e. The van der Waals surface area contributed by atoms with Gasteiger partial charge in [0.05, 0.1) is 6.54 Å². The highest BCUT2D eigenvalue weighted by atomic mass is 15.3. The summed E-state index contributed by atoms with van der Waals surface area (Å²) < 4.78 is 2.35. The fourth-order valence-electron chi connectivity index (χ4n) is 2.90. The van der Waals surface area contributed by atoms with Gasteiger partial charge in [0.25, 0.3) is 0 Å². The third-order valence-electron chi connectivity index (χ3n) is 4.27. The number of aromatic nitrogens is 4. The van der Waals surface area contributed by atoms with E-state index in [1.54, 1.807) is 0 Å². The fourth-order valence-corrected chi connectivity index (χ4v) is 2.90. The van der Waals surface area contributed by atoms with Gasteiger partial charge in [0.15, 0.2) is 0 Å². The summed E-state index contributed by atoms with van der Waals surface area (Å²) in [5, 5.41) is 8.78. The van der Waals surface area contributed by atoms with Gasteiger partial charge in [0.1, 0.15) is 11.6 Å². The Bertz CT molecular complexity index is 588. The summed E-state index contributed by atoms with van der Waals surface area (Å²) in [6.07, 6.45) is 7.40. The van der Waals surface area contributed by atoms with E-state index in [9.17, 15) is 0 Å². The van der Waals surface area contributed by atoms with Crippen LogP contribution in [-0.4, -0.2) is 37.7 Å². The molecule has 0 saturated heterocycles. The SMILES string of the molecule is c1cc(CCN2CCn3c(nnc3C3CC3)C2)ccn1. The lowest BCUT2D eigenvalue weighted by Crippen LogP contribution is -2.35. The average molecular weight is 269 g/mol. The number of hydrogen-bond donors (Lipinski definition) is 0. The highest BCUT2D eigenvalue weighted by Gasteiger charge is 2.31. The molecule has 0 radical (unpaired) electrons. The van der Waals surface area contributed by atoms with Crippen LogP contribution in [0.5, 0.6) is 0 Å². The Kier molecular flexibility index (Phi) is 2.99. The fraction of sp³-hybridized carbons (Fsp3) is 0.533. The molecule has 104 valence electrons. The standard InChI is InChI=1S/C15H19N5/c1-2-13(1)15-18-17-14-11-19(9-10-20(14)15)8-5-12-3-6-16-7-4-12/h3-4,6-7,13H,1-2,5,8-11H2. The summed E-state index contributed by atoms with van der Waals surface area (Å²) in [5.74, 6) is 3.07. The van der Waals surface area contributed by atoms with E-state index in [0.717, 1.165) is 38.4 Å². The van der Waals surface area contributed by atoms with E-state index in [1.807, 2.05) is 12.4 Å². The zero-order valence-corrected chi connectivity index (χ0v) is 11.6. The van der Waals surface area contributed by atoms with Crippen molar-refractivity contribution in [3.05, 3.63) is 41.7 Å². The van der Waals surface area contributed by atoms with Crippen molar-refractivity contribution in [1.82, 2.24) is 24.6 Å². The molecule has 5 heteroatoms. The molecule has 0 atom stereocenters. The van der Waals surface area contributed by atoms with Crippen LogP contribution in [0.1, 0.15) is 36.0 Å². The first kappa shape index (κ1) is 12.0.